The van der Waals surface area contributed by atoms with E-state index >= 15 is 0 Å². The van der Waals surface area contributed by atoms with Crippen molar-refractivity contribution in [3.8, 4) is 0 Å². The topological polar surface area (TPSA) is 79.6 Å². The number of fused-ring (bicyclic) bond motifs is 3. The van der Waals surface area contributed by atoms with Gasteiger partial charge in [-0.2, -0.15) is 4.31 Å². The van der Waals surface area contributed by atoms with E-state index in [9.17, 15) is 13.2 Å². The molecule has 5 rings (SSSR count). The van der Waals surface area contributed by atoms with Crippen LogP contribution in [0.3, 0.4) is 0 Å². The third-order valence-corrected chi connectivity index (χ3v) is 8.09. The number of carbonyl (C=O) groups excluding carboxylic acids is 1. The zero-order valence-electron chi connectivity index (χ0n) is 17.1. The molecule has 1 saturated heterocycles. The number of benzene rings is 3. The maximum absolute atomic E-state index is 12.8. The monoisotopic (exact) mass is 468 g/mol. The fourth-order valence-corrected chi connectivity index (χ4v) is 5.76. The van der Waals surface area contributed by atoms with E-state index in [2.05, 4.69) is 5.32 Å². The first kappa shape index (κ1) is 21.0. The molecule has 1 N–H and O–H groups in total. The average Bonchev–Trinajstić information content (AvgIpc) is 3.17. The summed E-state index contributed by atoms with van der Waals surface area (Å²) in [7, 11) is -3.59. The number of carbonyl (C=O) groups is 1. The Morgan fingerprint density at radius 2 is 1.62 bits per heavy atom. The summed E-state index contributed by atoms with van der Waals surface area (Å²) in [6.45, 7) is 0.595. The highest BCUT2D eigenvalue weighted by atomic mass is 35.5. The van der Waals surface area contributed by atoms with Crippen LogP contribution in [0.25, 0.3) is 21.9 Å². The van der Waals surface area contributed by atoms with Crippen LogP contribution in [0.1, 0.15) is 12.8 Å². The molecule has 1 aliphatic rings. The van der Waals surface area contributed by atoms with Gasteiger partial charge in [0, 0.05) is 46.6 Å². The Bertz CT molecular complexity index is 1410. The van der Waals surface area contributed by atoms with Crippen LogP contribution in [0.15, 0.2) is 76.0 Å². The summed E-state index contributed by atoms with van der Waals surface area (Å²) in [5.41, 5.74) is 2.19. The zero-order chi connectivity index (χ0) is 22.3. The number of nitrogens with zero attached hydrogens (tertiary/aromatic N) is 1. The molecule has 4 aromatic rings. The number of sulfonamides is 1. The van der Waals surface area contributed by atoms with Crippen molar-refractivity contribution in [2.45, 2.75) is 17.7 Å². The molecule has 164 valence electrons. The van der Waals surface area contributed by atoms with Gasteiger partial charge in [0.05, 0.1) is 4.90 Å². The molecule has 1 aliphatic heterocycles. The lowest BCUT2D eigenvalue weighted by molar-refractivity contribution is -0.120. The fraction of sp³-hybridized carbons (Fsp3) is 0.208. The second-order valence-electron chi connectivity index (χ2n) is 7.93. The lowest BCUT2D eigenvalue weighted by Crippen LogP contribution is -2.41. The molecular weight excluding hydrogens is 448 g/mol. The number of nitrogens with one attached hydrogen (secondary N) is 1. The highest BCUT2D eigenvalue weighted by Crippen LogP contribution is 2.31. The molecule has 1 fully saturated rings. The average molecular weight is 469 g/mol. The van der Waals surface area contributed by atoms with Crippen molar-refractivity contribution in [1.82, 2.24) is 4.31 Å². The Balaban J connectivity index is 1.25. The Kier molecular flexibility index (Phi) is 5.41. The Hall–Kier alpha value is -2.87. The number of furan rings is 1. The van der Waals surface area contributed by atoms with Crippen molar-refractivity contribution < 1.29 is 17.6 Å². The molecule has 6 nitrogen and oxygen atoms in total. The number of halogens is 1. The number of amides is 1. The normalized spacial score (nSPS) is 15.9. The number of hydrogen-bond donors (Lipinski definition) is 1. The zero-order valence-corrected chi connectivity index (χ0v) is 18.7. The number of rotatable bonds is 4. The third kappa shape index (κ3) is 3.88. The third-order valence-electron chi connectivity index (χ3n) is 5.92. The predicted octanol–water partition coefficient (Wildman–Crippen LogP) is 5.28. The summed E-state index contributed by atoms with van der Waals surface area (Å²) in [6, 6.07) is 19.6. The summed E-state index contributed by atoms with van der Waals surface area (Å²) in [5.74, 6) is -0.359. The van der Waals surface area contributed by atoms with Crippen LogP contribution in [-0.4, -0.2) is 31.7 Å². The maximum atomic E-state index is 12.8. The molecule has 1 amide bonds. The van der Waals surface area contributed by atoms with E-state index < -0.39 is 10.0 Å². The SMILES string of the molecule is O=C(Nc1ccc2c(c1)oc1ccccc12)C1CCN(S(=O)(=O)c2ccc(Cl)cc2)CC1. The molecule has 32 heavy (non-hydrogen) atoms. The molecule has 0 aliphatic carbocycles. The van der Waals surface area contributed by atoms with Crippen molar-refractivity contribution >= 4 is 55.2 Å². The summed E-state index contributed by atoms with van der Waals surface area (Å²) < 4.78 is 33.0. The first-order valence-corrected chi connectivity index (χ1v) is 12.2. The number of piperidine rings is 1. The summed E-state index contributed by atoms with van der Waals surface area (Å²) in [4.78, 5) is 13.0. The van der Waals surface area contributed by atoms with E-state index in [4.69, 9.17) is 16.0 Å². The minimum atomic E-state index is -3.59. The van der Waals surface area contributed by atoms with Crippen molar-refractivity contribution in [2.24, 2.45) is 5.92 Å². The van der Waals surface area contributed by atoms with E-state index in [0.717, 1.165) is 16.4 Å². The summed E-state index contributed by atoms with van der Waals surface area (Å²) in [6.07, 6.45) is 0.928. The van der Waals surface area contributed by atoms with Gasteiger partial charge in [0.25, 0.3) is 0 Å². The molecule has 0 radical (unpaired) electrons. The van der Waals surface area contributed by atoms with Crippen LogP contribution in [0, 0.1) is 5.92 Å². The van der Waals surface area contributed by atoms with Gasteiger partial charge in [-0.1, -0.05) is 29.8 Å². The number of hydrogen-bond acceptors (Lipinski definition) is 4. The largest absolute Gasteiger partial charge is 0.456 e. The lowest BCUT2D eigenvalue weighted by atomic mass is 9.97. The highest BCUT2D eigenvalue weighted by Gasteiger charge is 2.32. The minimum absolute atomic E-state index is 0.107. The highest BCUT2D eigenvalue weighted by molar-refractivity contribution is 7.89. The quantitative estimate of drug-likeness (QED) is 0.442. The van der Waals surface area contributed by atoms with E-state index in [1.54, 1.807) is 12.1 Å². The van der Waals surface area contributed by atoms with E-state index in [0.29, 0.717) is 42.2 Å². The molecule has 0 bridgehead atoms. The van der Waals surface area contributed by atoms with Gasteiger partial charge in [0.2, 0.25) is 15.9 Å². The van der Waals surface area contributed by atoms with E-state index in [-0.39, 0.29) is 16.7 Å². The van der Waals surface area contributed by atoms with Crippen LogP contribution in [0.2, 0.25) is 5.02 Å². The van der Waals surface area contributed by atoms with Crippen molar-refractivity contribution in [2.75, 3.05) is 18.4 Å². The summed E-state index contributed by atoms with van der Waals surface area (Å²) in [5, 5.41) is 5.48. The second-order valence-corrected chi connectivity index (χ2v) is 10.3. The Morgan fingerprint density at radius 1 is 0.938 bits per heavy atom. The van der Waals surface area contributed by atoms with Crippen LogP contribution < -0.4 is 5.32 Å². The van der Waals surface area contributed by atoms with Crippen LogP contribution >= 0.6 is 11.6 Å². The van der Waals surface area contributed by atoms with Gasteiger partial charge in [0.15, 0.2) is 0 Å². The smallest absolute Gasteiger partial charge is 0.243 e. The second kappa shape index (κ2) is 8.24. The Labute approximate surface area is 190 Å². The van der Waals surface area contributed by atoms with Crippen LogP contribution in [0.4, 0.5) is 5.69 Å². The standard InChI is InChI=1S/C24H21ClN2O4S/c25-17-5-8-19(9-6-17)32(29,30)27-13-11-16(12-14-27)24(28)26-18-7-10-21-20-3-1-2-4-22(20)31-23(21)15-18/h1-10,15-16H,11-14H2,(H,26,28). The van der Waals surface area contributed by atoms with Crippen molar-refractivity contribution in [3.63, 3.8) is 0 Å². The molecule has 0 atom stereocenters. The molecule has 0 spiro atoms. The van der Waals surface area contributed by atoms with Gasteiger partial charge >= 0.3 is 0 Å². The molecule has 2 heterocycles. The van der Waals surface area contributed by atoms with Gasteiger partial charge in [-0.15, -0.1) is 0 Å². The molecular formula is C24H21ClN2O4S. The fourth-order valence-electron chi connectivity index (χ4n) is 4.16. The van der Waals surface area contributed by atoms with Crippen molar-refractivity contribution in [1.29, 1.82) is 0 Å². The first-order chi connectivity index (χ1) is 15.4. The predicted molar refractivity (Wildman–Crippen MR) is 125 cm³/mol. The molecule has 0 unspecified atom stereocenters. The summed E-state index contributed by atoms with van der Waals surface area (Å²) >= 11 is 5.86. The molecule has 0 saturated carbocycles. The van der Waals surface area contributed by atoms with Crippen molar-refractivity contribution in [3.05, 3.63) is 71.8 Å². The number of para-hydroxylation sites is 1. The maximum Gasteiger partial charge on any atom is 0.243 e. The van der Waals surface area contributed by atoms with E-state index in [1.807, 2.05) is 42.5 Å². The van der Waals surface area contributed by atoms with Crippen LogP contribution in [0.5, 0.6) is 0 Å². The van der Waals surface area contributed by atoms with Gasteiger partial charge in [-0.05, 0) is 55.3 Å². The lowest BCUT2D eigenvalue weighted by Gasteiger charge is -2.30. The van der Waals surface area contributed by atoms with Gasteiger partial charge < -0.3 is 9.73 Å². The van der Waals surface area contributed by atoms with Gasteiger partial charge in [-0.25, -0.2) is 8.42 Å². The first-order valence-electron chi connectivity index (χ1n) is 10.4. The van der Waals surface area contributed by atoms with E-state index in [1.165, 1.54) is 16.4 Å². The number of anilines is 1. The van der Waals surface area contributed by atoms with Gasteiger partial charge in [-0.3, -0.25) is 4.79 Å². The Morgan fingerprint density at radius 3 is 2.38 bits per heavy atom. The minimum Gasteiger partial charge on any atom is -0.456 e. The van der Waals surface area contributed by atoms with Crippen LogP contribution in [-0.2, 0) is 14.8 Å². The molecule has 1 aromatic heterocycles. The molecule has 8 heteroatoms. The van der Waals surface area contributed by atoms with Gasteiger partial charge in [0.1, 0.15) is 11.2 Å². The molecule has 3 aromatic carbocycles.